The van der Waals surface area contributed by atoms with Gasteiger partial charge in [-0.1, -0.05) is 0 Å². The van der Waals surface area contributed by atoms with Crippen LogP contribution in [0.5, 0.6) is 0 Å². The lowest BCUT2D eigenvalue weighted by atomic mass is 10.0. The van der Waals surface area contributed by atoms with Crippen molar-refractivity contribution in [2.45, 2.75) is 76.1 Å². The molecule has 0 amide bonds. The molecular formula is C33H36Br3N3O12. The molecule has 3 aromatic rings. The van der Waals surface area contributed by atoms with Crippen molar-refractivity contribution in [3.63, 3.8) is 0 Å². The van der Waals surface area contributed by atoms with Crippen molar-refractivity contribution in [1.29, 1.82) is 0 Å². The number of carbonyl (C=O) groups is 3. The molecule has 0 bridgehead atoms. The normalized spacial score (nSPS) is 22.3. The molecule has 0 saturated heterocycles. The number of esters is 3. The van der Waals surface area contributed by atoms with E-state index in [1.807, 2.05) is 0 Å². The Bertz CT molecular complexity index is 1640. The standard InChI is InChI=1S/3C11H12BrNO4/c3*1-2-17-10(14)11(15)4-3-7-5-8(12)6-13(16)9(7)11/h3*5-6,15H,2-4H2,1H3/t2*11-;/m10./s1. The van der Waals surface area contributed by atoms with E-state index in [2.05, 4.69) is 47.8 Å². The van der Waals surface area contributed by atoms with Gasteiger partial charge in [0.2, 0.25) is 33.9 Å². The lowest BCUT2D eigenvalue weighted by Crippen LogP contribution is -2.46. The number of pyridine rings is 3. The number of hydrogen-bond donors (Lipinski definition) is 3. The van der Waals surface area contributed by atoms with Gasteiger partial charge in [0.05, 0.1) is 33.2 Å². The zero-order valence-electron chi connectivity index (χ0n) is 27.8. The molecule has 0 radical (unpaired) electrons. The quantitative estimate of drug-likeness (QED) is 0.141. The van der Waals surface area contributed by atoms with Crippen LogP contribution in [-0.4, -0.2) is 53.0 Å². The molecule has 0 spiro atoms. The Morgan fingerprint density at radius 1 is 0.588 bits per heavy atom. The zero-order valence-corrected chi connectivity index (χ0v) is 32.6. The van der Waals surface area contributed by atoms with Gasteiger partial charge in [-0.25, -0.2) is 14.4 Å². The number of hydrogen-bond acceptors (Lipinski definition) is 12. The summed E-state index contributed by atoms with van der Waals surface area (Å²) in [5.74, 6) is -2.28. The van der Waals surface area contributed by atoms with Crippen LogP contribution in [-0.2, 0) is 64.7 Å². The van der Waals surface area contributed by atoms with Crippen molar-refractivity contribution in [2.24, 2.45) is 0 Å². The predicted molar refractivity (Wildman–Crippen MR) is 186 cm³/mol. The number of carbonyl (C=O) groups excluding carboxylic acids is 3. The molecule has 6 rings (SSSR count). The molecule has 3 aliphatic rings. The topological polar surface area (TPSA) is 220 Å². The number of nitrogens with zero attached hydrogens (tertiary/aromatic N) is 3. The largest absolute Gasteiger partial charge is 0.618 e. The van der Waals surface area contributed by atoms with E-state index in [4.69, 9.17) is 14.2 Å². The molecular weight excluding hydrogens is 870 g/mol. The van der Waals surface area contributed by atoms with Gasteiger partial charge in [0.1, 0.15) is 0 Å². The summed E-state index contributed by atoms with van der Waals surface area (Å²) in [6.07, 6.45) is 5.79. The summed E-state index contributed by atoms with van der Waals surface area (Å²) in [6.45, 7) is 5.49. The predicted octanol–water partition coefficient (Wildman–Crippen LogP) is 2.34. The Balaban J connectivity index is 0.000000172. The maximum Gasteiger partial charge on any atom is 0.349 e. The van der Waals surface area contributed by atoms with Crippen molar-refractivity contribution < 1.29 is 58.1 Å². The van der Waals surface area contributed by atoms with E-state index in [0.29, 0.717) is 63.6 Å². The maximum atomic E-state index is 11.8. The molecule has 51 heavy (non-hydrogen) atoms. The van der Waals surface area contributed by atoms with Gasteiger partial charge in [0, 0.05) is 36.0 Å². The van der Waals surface area contributed by atoms with E-state index in [0.717, 1.165) is 0 Å². The number of fused-ring (bicyclic) bond motifs is 3. The first kappa shape index (κ1) is 40.4. The zero-order chi connectivity index (χ0) is 37.9. The van der Waals surface area contributed by atoms with Gasteiger partial charge < -0.3 is 45.2 Å². The molecule has 0 aliphatic heterocycles. The third kappa shape index (κ3) is 8.00. The van der Waals surface area contributed by atoms with E-state index < -0.39 is 34.7 Å². The van der Waals surface area contributed by atoms with Gasteiger partial charge >= 0.3 is 17.9 Å². The fourth-order valence-corrected chi connectivity index (χ4v) is 7.72. The fourth-order valence-electron chi connectivity index (χ4n) is 6.34. The first-order chi connectivity index (χ1) is 24.0. The van der Waals surface area contributed by atoms with Gasteiger partial charge in [-0.3, -0.25) is 0 Å². The van der Waals surface area contributed by atoms with Gasteiger partial charge in [-0.2, -0.15) is 14.2 Å². The molecule has 3 heterocycles. The summed E-state index contributed by atoms with van der Waals surface area (Å²) in [7, 11) is 0. The molecule has 3 aromatic heterocycles. The van der Waals surface area contributed by atoms with E-state index in [1.165, 1.54) is 18.6 Å². The van der Waals surface area contributed by atoms with E-state index in [9.17, 15) is 45.3 Å². The molecule has 3 atom stereocenters. The van der Waals surface area contributed by atoms with Crippen LogP contribution in [0.4, 0.5) is 0 Å². The second-order valence-corrected chi connectivity index (χ2v) is 14.6. The smallest absolute Gasteiger partial charge is 0.349 e. The van der Waals surface area contributed by atoms with Crippen molar-refractivity contribution in [1.82, 2.24) is 0 Å². The fraction of sp³-hybridized carbons (Fsp3) is 0.455. The van der Waals surface area contributed by atoms with Crippen LogP contribution in [0.15, 0.2) is 50.2 Å². The van der Waals surface area contributed by atoms with Crippen LogP contribution in [0.2, 0.25) is 0 Å². The van der Waals surface area contributed by atoms with Crippen LogP contribution < -0.4 is 14.2 Å². The molecule has 276 valence electrons. The highest BCUT2D eigenvalue weighted by Crippen LogP contribution is 2.38. The number of aryl methyl sites for hydroxylation is 3. The van der Waals surface area contributed by atoms with Crippen molar-refractivity contribution in [2.75, 3.05) is 19.8 Å². The Labute approximate surface area is 317 Å². The summed E-state index contributed by atoms with van der Waals surface area (Å²) >= 11 is 9.61. The molecule has 1 unspecified atom stereocenters. The second kappa shape index (κ2) is 16.1. The number of rotatable bonds is 6. The Kier molecular flexibility index (Phi) is 12.7. The van der Waals surface area contributed by atoms with Crippen LogP contribution in [0.3, 0.4) is 0 Å². The molecule has 0 saturated carbocycles. The Hall–Kier alpha value is -3.42. The molecule has 3 N–H and O–H groups in total. The van der Waals surface area contributed by atoms with E-state index in [1.54, 1.807) is 39.0 Å². The summed E-state index contributed by atoms with van der Waals surface area (Å²) in [5.41, 5.74) is -3.17. The van der Waals surface area contributed by atoms with Gasteiger partial charge in [-0.05, 0) is 106 Å². The summed E-state index contributed by atoms with van der Waals surface area (Å²) in [6, 6.07) is 5.21. The highest BCUT2D eigenvalue weighted by Gasteiger charge is 2.54. The molecule has 0 aromatic carbocycles. The molecule has 15 nitrogen and oxygen atoms in total. The molecule has 0 fully saturated rings. The SMILES string of the molecule is CCOC(=O)C1(O)CCc2cc(Br)c[n+]([O-])c21.CCOC(=O)[C@@]1(O)CCc2cc(Br)c[n+]([O-])c21.CCOC(=O)[C@]1(O)CCc2cc(Br)c[n+]([O-])c21. The first-order valence-corrected chi connectivity index (χ1v) is 18.3. The van der Waals surface area contributed by atoms with Gasteiger partial charge in [0.25, 0.3) is 0 Å². The van der Waals surface area contributed by atoms with Crippen LogP contribution in [0, 0.1) is 15.6 Å². The highest BCUT2D eigenvalue weighted by atomic mass is 79.9. The van der Waals surface area contributed by atoms with Crippen LogP contribution in [0.1, 0.15) is 73.8 Å². The third-order valence-electron chi connectivity index (χ3n) is 8.51. The minimum atomic E-state index is -1.81. The average Bonchev–Trinajstić information content (AvgIpc) is 3.70. The number of halogens is 3. The monoisotopic (exact) mass is 903 g/mol. The Morgan fingerprint density at radius 2 is 0.824 bits per heavy atom. The lowest BCUT2D eigenvalue weighted by molar-refractivity contribution is -0.621. The number of aliphatic hydroxyl groups is 3. The van der Waals surface area contributed by atoms with Gasteiger partial charge in [0.15, 0.2) is 18.6 Å². The lowest BCUT2D eigenvalue weighted by Gasteiger charge is -2.19. The summed E-state index contributed by atoms with van der Waals surface area (Å²) < 4.78 is 17.9. The van der Waals surface area contributed by atoms with E-state index >= 15 is 0 Å². The van der Waals surface area contributed by atoms with Crippen molar-refractivity contribution in [3.8, 4) is 0 Å². The maximum absolute atomic E-state index is 11.8. The number of ether oxygens (including phenoxy) is 3. The van der Waals surface area contributed by atoms with Crippen LogP contribution >= 0.6 is 47.8 Å². The Morgan fingerprint density at radius 3 is 1.04 bits per heavy atom. The average molecular weight is 906 g/mol. The van der Waals surface area contributed by atoms with Crippen LogP contribution in [0.25, 0.3) is 0 Å². The first-order valence-electron chi connectivity index (χ1n) is 15.9. The second-order valence-electron chi connectivity index (χ2n) is 11.8. The summed E-state index contributed by atoms with van der Waals surface area (Å²) in [5, 5.41) is 66.2. The molecule has 3 aliphatic carbocycles. The number of aromatic nitrogens is 3. The van der Waals surface area contributed by atoms with Crippen molar-refractivity contribution >= 4 is 65.7 Å². The minimum Gasteiger partial charge on any atom is -0.618 e. The molecule has 18 heteroatoms. The van der Waals surface area contributed by atoms with E-state index in [-0.39, 0.29) is 56.2 Å². The van der Waals surface area contributed by atoms with Crippen molar-refractivity contribution in [3.05, 3.63) is 99.6 Å². The van der Waals surface area contributed by atoms with Gasteiger partial charge in [-0.15, -0.1) is 0 Å². The summed E-state index contributed by atoms with van der Waals surface area (Å²) in [4.78, 5) is 35.2. The highest BCUT2D eigenvalue weighted by molar-refractivity contribution is 9.11. The minimum absolute atomic E-state index is 0.0825. The third-order valence-corrected chi connectivity index (χ3v) is 9.82.